The number of hydrogen-bond acceptors (Lipinski definition) is 4. The summed E-state index contributed by atoms with van der Waals surface area (Å²) in [6, 6.07) is 0.697. The maximum absolute atomic E-state index is 11.6. The number of carbonyl (C=O) groups is 1. The number of nitrogens with zero attached hydrogens (tertiary/aromatic N) is 2. The first-order valence-electron chi connectivity index (χ1n) is 7.15. The molecule has 2 aliphatic rings. The first kappa shape index (κ1) is 13.8. The van der Waals surface area contributed by atoms with Crippen molar-refractivity contribution in [2.24, 2.45) is 0 Å². The van der Waals surface area contributed by atoms with Crippen molar-refractivity contribution in [3.8, 4) is 0 Å². The van der Waals surface area contributed by atoms with Crippen LogP contribution in [0.4, 0.5) is 0 Å². The first-order valence-corrected chi connectivity index (χ1v) is 7.15. The van der Waals surface area contributed by atoms with Crippen LogP contribution >= 0.6 is 0 Å². The van der Waals surface area contributed by atoms with E-state index in [9.17, 15) is 4.79 Å². The molecular weight excluding hydrogens is 228 g/mol. The van der Waals surface area contributed by atoms with Gasteiger partial charge in [-0.1, -0.05) is 0 Å². The van der Waals surface area contributed by atoms with Crippen LogP contribution in [0.1, 0.15) is 19.3 Å². The standard InChI is InChI=1S/C13H26N4O/c1-16-8-10-17(11-9-16)7-6-15-13(18)4-5-14-12-2-3-12/h12,14H,2-11H2,1H3,(H,15,18). The highest BCUT2D eigenvalue weighted by Crippen LogP contribution is 2.18. The summed E-state index contributed by atoms with van der Waals surface area (Å²) in [7, 11) is 2.16. The van der Waals surface area contributed by atoms with Gasteiger partial charge >= 0.3 is 0 Å². The molecule has 18 heavy (non-hydrogen) atoms. The van der Waals surface area contributed by atoms with Crippen LogP contribution in [0.3, 0.4) is 0 Å². The fourth-order valence-corrected chi connectivity index (χ4v) is 2.19. The van der Waals surface area contributed by atoms with Gasteiger partial charge < -0.3 is 15.5 Å². The molecule has 1 saturated carbocycles. The molecule has 5 nitrogen and oxygen atoms in total. The largest absolute Gasteiger partial charge is 0.355 e. The molecule has 2 rings (SSSR count). The van der Waals surface area contributed by atoms with Gasteiger partial charge in [0.1, 0.15) is 0 Å². The van der Waals surface area contributed by atoms with Gasteiger partial charge in [0.05, 0.1) is 0 Å². The van der Waals surface area contributed by atoms with Crippen molar-refractivity contribution in [3.05, 3.63) is 0 Å². The van der Waals surface area contributed by atoms with Crippen molar-refractivity contribution in [1.29, 1.82) is 0 Å². The molecule has 0 aromatic carbocycles. The number of amides is 1. The predicted octanol–water partition coefficient (Wildman–Crippen LogP) is -0.508. The van der Waals surface area contributed by atoms with Crippen molar-refractivity contribution >= 4 is 5.91 Å². The third-order valence-electron chi connectivity index (χ3n) is 3.71. The normalized spacial score (nSPS) is 22.1. The summed E-state index contributed by atoms with van der Waals surface area (Å²) < 4.78 is 0. The van der Waals surface area contributed by atoms with Crippen LogP contribution in [0.5, 0.6) is 0 Å². The van der Waals surface area contributed by atoms with Gasteiger partial charge in [0.25, 0.3) is 0 Å². The molecule has 0 bridgehead atoms. The second kappa shape index (κ2) is 7.07. The second-order valence-corrected chi connectivity index (χ2v) is 5.47. The van der Waals surface area contributed by atoms with Gasteiger partial charge in [-0.2, -0.15) is 0 Å². The molecule has 0 aromatic rings. The molecule has 1 amide bonds. The van der Waals surface area contributed by atoms with E-state index in [0.717, 1.165) is 45.8 Å². The van der Waals surface area contributed by atoms with Crippen LogP contribution in [0.15, 0.2) is 0 Å². The summed E-state index contributed by atoms with van der Waals surface area (Å²) in [5.74, 6) is 0.178. The Morgan fingerprint density at radius 1 is 1.17 bits per heavy atom. The number of carbonyl (C=O) groups excluding carboxylic acids is 1. The van der Waals surface area contributed by atoms with Crippen LogP contribution in [0.25, 0.3) is 0 Å². The van der Waals surface area contributed by atoms with Gasteiger partial charge in [0.15, 0.2) is 0 Å². The number of nitrogens with one attached hydrogen (secondary N) is 2. The molecule has 0 atom stereocenters. The molecule has 0 spiro atoms. The smallest absolute Gasteiger partial charge is 0.221 e. The van der Waals surface area contributed by atoms with Crippen LogP contribution in [0, 0.1) is 0 Å². The van der Waals surface area contributed by atoms with Crippen molar-refractivity contribution in [3.63, 3.8) is 0 Å². The Balaban J connectivity index is 1.45. The van der Waals surface area contributed by atoms with E-state index in [0.29, 0.717) is 12.5 Å². The third kappa shape index (κ3) is 5.33. The lowest BCUT2D eigenvalue weighted by atomic mass is 10.3. The van der Waals surface area contributed by atoms with Gasteiger partial charge in [0.2, 0.25) is 5.91 Å². The summed E-state index contributed by atoms with van der Waals surface area (Å²) in [4.78, 5) is 16.3. The minimum Gasteiger partial charge on any atom is -0.355 e. The number of piperazine rings is 1. The summed E-state index contributed by atoms with van der Waals surface area (Å²) in [6.45, 7) is 7.11. The van der Waals surface area contributed by atoms with Gasteiger partial charge in [-0.25, -0.2) is 0 Å². The van der Waals surface area contributed by atoms with Crippen molar-refractivity contribution in [1.82, 2.24) is 20.4 Å². The molecule has 1 aliphatic heterocycles. The maximum Gasteiger partial charge on any atom is 0.221 e. The van der Waals surface area contributed by atoms with Crippen LogP contribution < -0.4 is 10.6 Å². The zero-order chi connectivity index (χ0) is 12.8. The molecular formula is C13H26N4O. The summed E-state index contributed by atoms with van der Waals surface area (Å²) in [6.07, 6.45) is 3.18. The fraction of sp³-hybridized carbons (Fsp3) is 0.923. The number of likely N-dealkylation sites (N-methyl/N-ethyl adjacent to an activating group) is 1. The van der Waals surface area contributed by atoms with E-state index in [1.54, 1.807) is 0 Å². The summed E-state index contributed by atoms with van der Waals surface area (Å²) in [5, 5.41) is 6.36. The second-order valence-electron chi connectivity index (χ2n) is 5.47. The average molecular weight is 254 g/mol. The van der Waals surface area contributed by atoms with Crippen molar-refractivity contribution in [2.45, 2.75) is 25.3 Å². The quantitative estimate of drug-likeness (QED) is 0.642. The number of rotatable bonds is 7. The van der Waals surface area contributed by atoms with E-state index in [1.807, 2.05) is 0 Å². The minimum absolute atomic E-state index is 0.178. The maximum atomic E-state index is 11.6. The van der Waals surface area contributed by atoms with Gasteiger partial charge in [-0.05, 0) is 19.9 Å². The highest BCUT2D eigenvalue weighted by molar-refractivity contribution is 5.76. The Morgan fingerprint density at radius 3 is 2.56 bits per heavy atom. The zero-order valence-corrected chi connectivity index (χ0v) is 11.5. The van der Waals surface area contributed by atoms with Crippen LogP contribution in [-0.2, 0) is 4.79 Å². The Labute approximate surface area is 110 Å². The van der Waals surface area contributed by atoms with Crippen molar-refractivity contribution in [2.75, 3.05) is 52.9 Å². The summed E-state index contributed by atoms with van der Waals surface area (Å²) in [5.41, 5.74) is 0. The molecule has 0 unspecified atom stereocenters. The highest BCUT2D eigenvalue weighted by Gasteiger charge is 2.20. The van der Waals surface area contributed by atoms with Gasteiger partial charge in [0, 0.05) is 58.3 Å². The lowest BCUT2D eigenvalue weighted by Gasteiger charge is -2.32. The molecule has 2 fully saturated rings. The van der Waals surface area contributed by atoms with E-state index >= 15 is 0 Å². The monoisotopic (exact) mass is 254 g/mol. The van der Waals surface area contributed by atoms with Crippen LogP contribution in [0.2, 0.25) is 0 Å². The van der Waals surface area contributed by atoms with E-state index < -0.39 is 0 Å². The van der Waals surface area contributed by atoms with E-state index in [-0.39, 0.29) is 5.91 Å². The lowest BCUT2D eigenvalue weighted by molar-refractivity contribution is -0.121. The molecule has 1 aliphatic carbocycles. The molecule has 2 N–H and O–H groups in total. The topological polar surface area (TPSA) is 47.6 Å². The third-order valence-corrected chi connectivity index (χ3v) is 3.71. The van der Waals surface area contributed by atoms with E-state index in [1.165, 1.54) is 12.8 Å². The SMILES string of the molecule is CN1CCN(CCNC(=O)CCNC2CC2)CC1. The van der Waals surface area contributed by atoms with Gasteiger partial charge in [-0.3, -0.25) is 9.69 Å². The fourth-order valence-electron chi connectivity index (χ4n) is 2.19. The average Bonchev–Trinajstić information content (AvgIpc) is 3.16. The Morgan fingerprint density at radius 2 is 1.89 bits per heavy atom. The highest BCUT2D eigenvalue weighted by atomic mass is 16.1. The predicted molar refractivity (Wildman–Crippen MR) is 72.6 cm³/mol. The lowest BCUT2D eigenvalue weighted by Crippen LogP contribution is -2.47. The molecule has 0 radical (unpaired) electrons. The Hall–Kier alpha value is -0.650. The zero-order valence-electron chi connectivity index (χ0n) is 11.5. The van der Waals surface area contributed by atoms with E-state index in [2.05, 4.69) is 27.5 Å². The van der Waals surface area contributed by atoms with E-state index in [4.69, 9.17) is 0 Å². The van der Waals surface area contributed by atoms with Gasteiger partial charge in [-0.15, -0.1) is 0 Å². The van der Waals surface area contributed by atoms with Crippen molar-refractivity contribution < 1.29 is 4.79 Å². The number of hydrogen-bond donors (Lipinski definition) is 2. The Bertz CT molecular complexity index is 260. The molecule has 1 heterocycles. The molecule has 5 heteroatoms. The molecule has 104 valence electrons. The minimum atomic E-state index is 0.178. The van der Waals surface area contributed by atoms with Crippen LogP contribution in [-0.4, -0.2) is 74.6 Å². The Kier molecular flexibility index (Phi) is 5.41. The first-order chi connectivity index (χ1) is 8.74. The summed E-state index contributed by atoms with van der Waals surface area (Å²) >= 11 is 0. The molecule has 0 aromatic heterocycles. The molecule has 1 saturated heterocycles.